The highest BCUT2D eigenvalue weighted by atomic mass is 16.5. The molecule has 0 aliphatic rings. The number of nitrogens with zero attached hydrogens (tertiary/aromatic N) is 1. The Bertz CT molecular complexity index is 606. The predicted octanol–water partition coefficient (Wildman–Crippen LogP) is 2.91. The largest absolute Gasteiger partial charge is 0.491 e. The maximum Gasteiger partial charge on any atom is 0.220 e. The quantitative estimate of drug-likeness (QED) is 0.743. The smallest absolute Gasteiger partial charge is 0.220 e. The van der Waals surface area contributed by atoms with Crippen molar-refractivity contribution in [2.45, 2.75) is 45.4 Å². The van der Waals surface area contributed by atoms with E-state index in [9.17, 15) is 9.90 Å². The van der Waals surface area contributed by atoms with Crippen molar-refractivity contribution >= 4 is 5.91 Å². The Hall–Kier alpha value is -2.27. The van der Waals surface area contributed by atoms with Crippen molar-refractivity contribution in [2.24, 2.45) is 0 Å². The van der Waals surface area contributed by atoms with Gasteiger partial charge in [-0.25, -0.2) is 0 Å². The van der Waals surface area contributed by atoms with E-state index in [2.05, 4.69) is 5.32 Å². The van der Waals surface area contributed by atoms with Crippen LogP contribution in [0.5, 0.6) is 5.75 Å². The van der Waals surface area contributed by atoms with Gasteiger partial charge < -0.3 is 19.7 Å². The molecule has 1 aromatic carbocycles. The monoisotopic (exact) mass is 330 g/mol. The van der Waals surface area contributed by atoms with Gasteiger partial charge in [0.2, 0.25) is 5.91 Å². The molecule has 24 heavy (non-hydrogen) atoms. The Morgan fingerprint density at radius 1 is 1.21 bits per heavy atom. The molecule has 2 aromatic rings. The second-order valence-electron chi connectivity index (χ2n) is 6.08. The summed E-state index contributed by atoms with van der Waals surface area (Å²) in [5, 5.41) is 12.9. The van der Waals surface area contributed by atoms with Gasteiger partial charge in [-0.05, 0) is 50.1 Å². The highest BCUT2D eigenvalue weighted by Crippen LogP contribution is 2.18. The molecule has 0 bridgehead atoms. The molecule has 5 nitrogen and oxygen atoms in total. The van der Waals surface area contributed by atoms with Gasteiger partial charge in [-0.2, -0.15) is 0 Å². The van der Waals surface area contributed by atoms with Crippen LogP contribution in [-0.2, 0) is 11.3 Å². The Labute approximate surface area is 143 Å². The third-order valence-corrected chi connectivity index (χ3v) is 3.62. The lowest BCUT2D eigenvalue weighted by molar-refractivity contribution is -0.121. The van der Waals surface area contributed by atoms with Gasteiger partial charge in [0.25, 0.3) is 0 Å². The number of benzene rings is 1. The lowest BCUT2D eigenvalue weighted by atomic mass is 10.1. The number of carbonyl (C=O) groups is 1. The number of aliphatic hydroxyl groups excluding tert-OH is 1. The van der Waals surface area contributed by atoms with Crippen LogP contribution in [0.2, 0.25) is 0 Å². The molecular formula is C19H26N2O3. The van der Waals surface area contributed by atoms with Crippen molar-refractivity contribution in [1.82, 2.24) is 9.88 Å². The van der Waals surface area contributed by atoms with E-state index in [-0.39, 0.29) is 18.6 Å². The first-order chi connectivity index (χ1) is 11.5. The zero-order valence-electron chi connectivity index (χ0n) is 14.3. The van der Waals surface area contributed by atoms with Crippen LogP contribution < -0.4 is 10.1 Å². The van der Waals surface area contributed by atoms with Gasteiger partial charge >= 0.3 is 0 Å². The Morgan fingerprint density at radius 3 is 2.50 bits per heavy atom. The average molecular weight is 330 g/mol. The number of nitrogens with one attached hydrogen (secondary N) is 1. The number of aromatic nitrogens is 1. The minimum Gasteiger partial charge on any atom is -0.491 e. The number of hydrogen-bond donors (Lipinski definition) is 2. The summed E-state index contributed by atoms with van der Waals surface area (Å²) in [7, 11) is 0. The number of carbonyl (C=O) groups excluding carboxylic acids is 1. The molecule has 1 amide bonds. The van der Waals surface area contributed by atoms with Crippen LogP contribution >= 0.6 is 0 Å². The third-order valence-electron chi connectivity index (χ3n) is 3.62. The molecule has 0 saturated heterocycles. The number of hydrogen-bond acceptors (Lipinski definition) is 3. The van der Waals surface area contributed by atoms with Crippen LogP contribution in [-0.4, -0.2) is 28.2 Å². The van der Waals surface area contributed by atoms with Crippen molar-refractivity contribution in [3.8, 4) is 5.75 Å². The van der Waals surface area contributed by atoms with Crippen molar-refractivity contribution < 1.29 is 14.6 Å². The summed E-state index contributed by atoms with van der Waals surface area (Å²) >= 11 is 0. The van der Waals surface area contributed by atoms with Crippen LogP contribution in [0.4, 0.5) is 0 Å². The summed E-state index contributed by atoms with van der Waals surface area (Å²) in [6.45, 7) is 4.97. The number of aliphatic hydroxyl groups is 1. The maximum atomic E-state index is 11.8. The average Bonchev–Trinajstić information content (AvgIpc) is 3.06. The predicted molar refractivity (Wildman–Crippen MR) is 93.8 cm³/mol. The van der Waals surface area contributed by atoms with Crippen LogP contribution in [0.3, 0.4) is 0 Å². The highest BCUT2D eigenvalue weighted by Gasteiger charge is 2.10. The first-order valence-corrected chi connectivity index (χ1v) is 8.36. The molecule has 1 heterocycles. The molecule has 0 aliphatic heterocycles. The molecule has 0 aliphatic carbocycles. The Kier molecular flexibility index (Phi) is 6.88. The van der Waals surface area contributed by atoms with Crippen LogP contribution in [0.25, 0.3) is 0 Å². The molecule has 2 N–H and O–H groups in total. The van der Waals surface area contributed by atoms with Crippen molar-refractivity contribution in [3.05, 3.63) is 54.4 Å². The van der Waals surface area contributed by atoms with E-state index >= 15 is 0 Å². The minimum absolute atomic E-state index is 0.0408. The van der Waals surface area contributed by atoms with Gasteiger partial charge in [0, 0.05) is 31.9 Å². The molecule has 5 heteroatoms. The van der Waals surface area contributed by atoms with Crippen LogP contribution in [0.1, 0.15) is 38.4 Å². The van der Waals surface area contributed by atoms with E-state index in [4.69, 9.17) is 4.74 Å². The molecule has 0 saturated carbocycles. The number of amides is 1. The second kappa shape index (κ2) is 9.13. The Balaban J connectivity index is 1.69. The molecule has 0 fully saturated rings. The summed E-state index contributed by atoms with van der Waals surface area (Å²) in [5.74, 6) is 0.732. The molecule has 130 valence electrons. The highest BCUT2D eigenvalue weighted by molar-refractivity contribution is 5.75. The number of rotatable bonds is 9. The first kappa shape index (κ1) is 18.1. The fourth-order valence-electron chi connectivity index (χ4n) is 2.40. The molecule has 1 unspecified atom stereocenters. The normalized spacial score (nSPS) is 12.2. The van der Waals surface area contributed by atoms with Gasteiger partial charge in [0.1, 0.15) is 5.75 Å². The summed E-state index contributed by atoms with van der Waals surface area (Å²) in [6, 6.07) is 11.2. The Morgan fingerprint density at radius 2 is 1.88 bits per heavy atom. The van der Waals surface area contributed by atoms with E-state index in [0.717, 1.165) is 24.3 Å². The lowest BCUT2D eigenvalue weighted by Gasteiger charge is -2.14. The summed E-state index contributed by atoms with van der Waals surface area (Å²) < 4.78 is 7.61. The van der Waals surface area contributed by atoms with Gasteiger partial charge in [-0.15, -0.1) is 0 Å². The summed E-state index contributed by atoms with van der Waals surface area (Å²) in [4.78, 5) is 11.8. The zero-order valence-corrected chi connectivity index (χ0v) is 14.3. The van der Waals surface area contributed by atoms with E-state index in [0.29, 0.717) is 6.42 Å². The number of ether oxygens (including phenoxy) is 1. The first-order valence-electron chi connectivity index (χ1n) is 8.36. The summed E-state index contributed by atoms with van der Waals surface area (Å²) in [6.07, 6.45) is 4.59. The van der Waals surface area contributed by atoms with Crippen molar-refractivity contribution in [3.63, 3.8) is 0 Å². The number of aryl methyl sites for hydroxylation is 1. The van der Waals surface area contributed by atoms with E-state index < -0.39 is 6.10 Å². The van der Waals surface area contributed by atoms with E-state index in [1.807, 2.05) is 67.2 Å². The molecule has 1 aromatic heterocycles. The van der Waals surface area contributed by atoms with Gasteiger partial charge in [0.15, 0.2) is 0 Å². The van der Waals surface area contributed by atoms with Gasteiger partial charge in [-0.3, -0.25) is 4.79 Å². The molecule has 1 atom stereocenters. The van der Waals surface area contributed by atoms with Crippen molar-refractivity contribution in [1.29, 1.82) is 0 Å². The standard InChI is InChI=1S/C19H26N2O3/c1-15(2)24-17-9-7-16(8-10-17)18(22)14-20-19(23)6-5-13-21-11-3-4-12-21/h3-4,7-12,15,18,22H,5-6,13-14H2,1-2H3,(H,20,23). The molecule has 0 radical (unpaired) electrons. The minimum atomic E-state index is -0.716. The molecular weight excluding hydrogens is 304 g/mol. The van der Waals surface area contributed by atoms with Crippen LogP contribution in [0, 0.1) is 0 Å². The van der Waals surface area contributed by atoms with Crippen molar-refractivity contribution in [2.75, 3.05) is 6.54 Å². The zero-order chi connectivity index (χ0) is 17.4. The van der Waals surface area contributed by atoms with Gasteiger partial charge in [-0.1, -0.05) is 12.1 Å². The van der Waals surface area contributed by atoms with Gasteiger partial charge in [0.05, 0.1) is 12.2 Å². The topological polar surface area (TPSA) is 63.5 Å². The SMILES string of the molecule is CC(C)Oc1ccc(C(O)CNC(=O)CCCn2cccc2)cc1. The fourth-order valence-corrected chi connectivity index (χ4v) is 2.40. The third kappa shape index (κ3) is 6.08. The lowest BCUT2D eigenvalue weighted by Crippen LogP contribution is -2.28. The molecule has 0 spiro atoms. The van der Waals surface area contributed by atoms with E-state index in [1.165, 1.54) is 0 Å². The van der Waals surface area contributed by atoms with E-state index in [1.54, 1.807) is 0 Å². The van der Waals surface area contributed by atoms with Crippen LogP contribution in [0.15, 0.2) is 48.8 Å². The second-order valence-corrected chi connectivity index (χ2v) is 6.08. The summed E-state index contributed by atoms with van der Waals surface area (Å²) in [5.41, 5.74) is 0.763. The fraction of sp³-hybridized carbons (Fsp3) is 0.421. The molecule has 2 rings (SSSR count). The maximum absolute atomic E-state index is 11.8.